The van der Waals surface area contributed by atoms with E-state index in [0.717, 1.165) is 24.1 Å². The number of hydrogen-bond donors (Lipinski definition) is 2. The normalized spacial score (nSPS) is 23.3. The summed E-state index contributed by atoms with van der Waals surface area (Å²) in [7, 11) is 1.72. The van der Waals surface area contributed by atoms with Crippen molar-refractivity contribution in [2.75, 3.05) is 18.0 Å². The number of aromatic nitrogens is 4. The minimum absolute atomic E-state index is 0.467. The molecule has 5 rings (SSSR count). The highest BCUT2D eigenvalue weighted by molar-refractivity contribution is 5.93. The molecule has 0 radical (unpaired) electrons. The standard InChI is InChI=1S/C17H19FN6/c1-23-9-13(16(18)22-23)14-6-12-15(4-5-19-17(12)21-14)24-7-10-2-3-11(8-24)20-10/h4-6,9-11,20H,2-3,7-8H2,1H3,(H,19,21). The van der Waals surface area contributed by atoms with E-state index in [1.807, 2.05) is 12.3 Å². The highest BCUT2D eigenvalue weighted by atomic mass is 19.1. The third-order valence-electron chi connectivity index (χ3n) is 5.14. The van der Waals surface area contributed by atoms with Crippen LogP contribution >= 0.6 is 0 Å². The SMILES string of the molecule is Cn1cc(-c2cc3c(N4CC5CCC(C4)N5)ccnc3[nH]2)c(F)n1. The van der Waals surface area contributed by atoms with Crippen molar-refractivity contribution in [2.45, 2.75) is 24.9 Å². The Morgan fingerprint density at radius 1 is 1.25 bits per heavy atom. The summed E-state index contributed by atoms with van der Waals surface area (Å²) >= 11 is 0. The van der Waals surface area contributed by atoms with Gasteiger partial charge < -0.3 is 15.2 Å². The Labute approximate surface area is 138 Å². The largest absolute Gasteiger partial charge is 0.368 e. The second kappa shape index (κ2) is 5.04. The Hall–Kier alpha value is -2.41. The van der Waals surface area contributed by atoms with Crippen LogP contribution in [0, 0.1) is 5.95 Å². The van der Waals surface area contributed by atoms with Gasteiger partial charge in [0.25, 0.3) is 0 Å². The van der Waals surface area contributed by atoms with Gasteiger partial charge in [-0.3, -0.25) is 4.68 Å². The van der Waals surface area contributed by atoms with E-state index in [-0.39, 0.29) is 0 Å². The number of hydrogen-bond acceptors (Lipinski definition) is 4. The molecule has 3 aromatic rings. The van der Waals surface area contributed by atoms with Crippen LogP contribution in [0.25, 0.3) is 22.3 Å². The van der Waals surface area contributed by atoms with Crippen molar-refractivity contribution in [1.82, 2.24) is 25.1 Å². The lowest BCUT2D eigenvalue weighted by atomic mass is 10.1. The molecule has 2 atom stereocenters. The molecule has 24 heavy (non-hydrogen) atoms. The third kappa shape index (κ3) is 2.11. The van der Waals surface area contributed by atoms with Crippen LogP contribution in [0.4, 0.5) is 10.1 Å². The Balaban J connectivity index is 1.59. The van der Waals surface area contributed by atoms with E-state index in [9.17, 15) is 4.39 Å². The van der Waals surface area contributed by atoms with Crippen LogP contribution in [0.15, 0.2) is 24.5 Å². The Morgan fingerprint density at radius 3 is 2.75 bits per heavy atom. The van der Waals surface area contributed by atoms with E-state index in [1.165, 1.54) is 23.2 Å². The number of aryl methyl sites for hydroxylation is 1. The molecule has 2 bridgehead atoms. The number of rotatable bonds is 2. The van der Waals surface area contributed by atoms with Crippen molar-refractivity contribution in [1.29, 1.82) is 0 Å². The number of aromatic amines is 1. The van der Waals surface area contributed by atoms with Gasteiger partial charge in [0, 0.05) is 55.7 Å². The average molecular weight is 326 g/mol. The summed E-state index contributed by atoms with van der Waals surface area (Å²) in [5, 5.41) is 8.48. The molecule has 0 aromatic carbocycles. The van der Waals surface area contributed by atoms with Crippen molar-refractivity contribution >= 4 is 16.7 Å². The summed E-state index contributed by atoms with van der Waals surface area (Å²) in [5.74, 6) is -0.467. The third-order valence-corrected chi connectivity index (χ3v) is 5.14. The predicted molar refractivity (Wildman–Crippen MR) is 90.4 cm³/mol. The molecular weight excluding hydrogens is 307 g/mol. The van der Waals surface area contributed by atoms with Gasteiger partial charge in [0.1, 0.15) is 5.65 Å². The highest BCUT2D eigenvalue weighted by Gasteiger charge is 2.32. The van der Waals surface area contributed by atoms with E-state index < -0.39 is 5.95 Å². The van der Waals surface area contributed by atoms with Gasteiger partial charge in [-0.1, -0.05) is 0 Å². The van der Waals surface area contributed by atoms with Gasteiger partial charge in [-0.05, 0) is 25.0 Å². The molecule has 2 saturated heterocycles. The molecule has 2 unspecified atom stereocenters. The van der Waals surface area contributed by atoms with Gasteiger partial charge in [0.05, 0.1) is 11.3 Å². The van der Waals surface area contributed by atoms with Crippen molar-refractivity contribution in [3.05, 3.63) is 30.5 Å². The maximum atomic E-state index is 14.0. The monoisotopic (exact) mass is 326 g/mol. The minimum atomic E-state index is -0.467. The first kappa shape index (κ1) is 14.0. The maximum Gasteiger partial charge on any atom is 0.241 e. The highest BCUT2D eigenvalue weighted by Crippen LogP contribution is 2.33. The van der Waals surface area contributed by atoms with E-state index in [4.69, 9.17) is 0 Å². The molecule has 2 aliphatic heterocycles. The van der Waals surface area contributed by atoms with Crippen LogP contribution in [-0.4, -0.2) is 44.9 Å². The zero-order valence-corrected chi connectivity index (χ0v) is 13.5. The van der Waals surface area contributed by atoms with E-state index >= 15 is 0 Å². The van der Waals surface area contributed by atoms with Crippen LogP contribution in [0.3, 0.4) is 0 Å². The molecule has 0 saturated carbocycles. The fourth-order valence-corrected chi connectivity index (χ4v) is 4.07. The number of nitrogens with zero attached hydrogens (tertiary/aromatic N) is 4. The number of piperazine rings is 1. The second-order valence-corrected chi connectivity index (χ2v) is 6.83. The molecular formula is C17H19FN6. The lowest BCUT2D eigenvalue weighted by molar-refractivity contribution is 0.466. The average Bonchev–Trinajstić information content (AvgIpc) is 3.23. The Kier molecular flexibility index (Phi) is 2.94. The molecule has 0 aliphatic carbocycles. The maximum absolute atomic E-state index is 14.0. The molecule has 2 aliphatic rings. The van der Waals surface area contributed by atoms with Gasteiger partial charge >= 0.3 is 0 Å². The van der Waals surface area contributed by atoms with Crippen LogP contribution in [0.1, 0.15) is 12.8 Å². The van der Waals surface area contributed by atoms with Crippen LogP contribution in [0.2, 0.25) is 0 Å². The summed E-state index contributed by atoms with van der Waals surface area (Å²) < 4.78 is 15.5. The lowest BCUT2D eigenvalue weighted by Gasteiger charge is -2.34. The summed E-state index contributed by atoms with van der Waals surface area (Å²) in [6.07, 6.45) is 6.00. The number of H-pyrrole nitrogens is 1. The molecule has 124 valence electrons. The molecule has 3 aromatic heterocycles. The summed E-state index contributed by atoms with van der Waals surface area (Å²) in [5.41, 5.74) is 3.15. The molecule has 5 heterocycles. The first-order valence-corrected chi connectivity index (χ1v) is 8.35. The van der Waals surface area contributed by atoms with Crippen LogP contribution in [-0.2, 0) is 7.05 Å². The number of fused-ring (bicyclic) bond motifs is 3. The summed E-state index contributed by atoms with van der Waals surface area (Å²) in [6.45, 7) is 2.02. The van der Waals surface area contributed by atoms with Crippen molar-refractivity contribution < 1.29 is 4.39 Å². The fourth-order valence-electron chi connectivity index (χ4n) is 4.07. The summed E-state index contributed by atoms with van der Waals surface area (Å²) in [4.78, 5) is 10.1. The van der Waals surface area contributed by atoms with E-state index in [1.54, 1.807) is 13.2 Å². The van der Waals surface area contributed by atoms with Gasteiger partial charge in [-0.25, -0.2) is 4.98 Å². The Bertz CT molecular complexity index is 901. The minimum Gasteiger partial charge on any atom is -0.368 e. The van der Waals surface area contributed by atoms with Crippen molar-refractivity contribution in [3.63, 3.8) is 0 Å². The lowest BCUT2D eigenvalue weighted by Crippen LogP contribution is -2.51. The molecule has 6 nitrogen and oxygen atoms in total. The quantitative estimate of drug-likeness (QED) is 0.757. The zero-order valence-electron chi connectivity index (χ0n) is 13.5. The topological polar surface area (TPSA) is 61.8 Å². The molecule has 2 N–H and O–H groups in total. The summed E-state index contributed by atoms with van der Waals surface area (Å²) in [6, 6.07) is 5.19. The van der Waals surface area contributed by atoms with E-state index in [0.29, 0.717) is 23.3 Å². The second-order valence-electron chi connectivity index (χ2n) is 6.83. The number of anilines is 1. The van der Waals surface area contributed by atoms with Gasteiger partial charge in [-0.15, -0.1) is 5.10 Å². The van der Waals surface area contributed by atoms with Crippen molar-refractivity contribution in [2.24, 2.45) is 7.05 Å². The Morgan fingerprint density at radius 2 is 2.04 bits per heavy atom. The van der Waals surface area contributed by atoms with Gasteiger partial charge in [0.2, 0.25) is 5.95 Å². The molecule has 0 amide bonds. The fraction of sp³-hybridized carbons (Fsp3) is 0.412. The van der Waals surface area contributed by atoms with Crippen LogP contribution < -0.4 is 10.2 Å². The predicted octanol–water partition coefficient (Wildman–Crippen LogP) is 2.04. The first-order chi connectivity index (χ1) is 11.7. The smallest absolute Gasteiger partial charge is 0.241 e. The number of pyridine rings is 1. The van der Waals surface area contributed by atoms with Crippen LogP contribution in [0.5, 0.6) is 0 Å². The van der Waals surface area contributed by atoms with Gasteiger partial charge in [0.15, 0.2) is 0 Å². The zero-order chi connectivity index (χ0) is 16.3. The molecule has 0 spiro atoms. The first-order valence-electron chi connectivity index (χ1n) is 8.35. The molecule has 2 fully saturated rings. The number of nitrogens with one attached hydrogen (secondary N) is 2. The number of halogens is 1. The molecule has 7 heteroatoms. The van der Waals surface area contributed by atoms with E-state index in [2.05, 4.69) is 31.3 Å². The van der Waals surface area contributed by atoms with Gasteiger partial charge in [-0.2, -0.15) is 4.39 Å². The van der Waals surface area contributed by atoms with Crippen molar-refractivity contribution in [3.8, 4) is 11.3 Å².